The molecule has 0 spiro atoms. The average Bonchev–Trinajstić information content (AvgIpc) is 2.53. The molecule has 2 N–H and O–H groups in total. The number of carbonyl (C=O) groups is 2. The molecule has 22 heavy (non-hydrogen) atoms. The van der Waals surface area contributed by atoms with Crippen LogP contribution in [0.2, 0.25) is 0 Å². The maximum absolute atomic E-state index is 12.4. The van der Waals surface area contributed by atoms with Gasteiger partial charge in [-0.15, -0.1) is 0 Å². The van der Waals surface area contributed by atoms with Crippen LogP contribution in [0.15, 0.2) is 22.7 Å². The number of nitrogens with one attached hydrogen (secondary N) is 1. The van der Waals surface area contributed by atoms with E-state index in [0.29, 0.717) is 29.0 Å². The Hall–Kier alpha value is -1.60. The van der Waals surface area contributed by atoms with Gasteiger partial charge in [0.2, 0.25) is 0 Å². The van der Waals surface area contributed by atoms with Crippen LogP contribution in [-0.4, -0.2) is 43.3 Å². The number of methoxy groups -OCH3 is 1. The molecule has 7 heteroatoms. The number of benzene rings is 1. The van der Waals surface area contributed by atoms with Gasteiger partial charge in [0.25, 0.3) is 5.91 Å². The number of ether oxygens (including phenoxy) is 2. The van der Waals surface area contributed by atoms with Crippen molar-refractivity contribution in [2.75, 3.05) is 20.3 Å². The Kier molecular flexibility index (Phi) is 5.79. The molecule has 2 atom stereocenters. The molecule has 120 valence electrons. The maximum atomic E-state index is 12.4. The molecule has 1 amide bonds. The topological polar surface area (TPSA) is 84.9 Å². The van der Waals surface area contributed by atoms with Crippen molar-refractivity contribution in [3.8, 4) is 5.75 Å². The fourth-order valence-electron chi connectivity index (χ4n) is 2.43. The van der Waals surface area contributed by atoms with E-state index < -0.39 is 17.9 Å². The molecule has 0 aromatic heterocycles. The molecular weight excluding hydrogens is 354 g/mol. The Labute approximate surface area is 136 Å². The van der Waals surface area contributed by atoms with E-state index in [0.717, 1.165) is 12.8 Å². The highest BCUT2D eigenvalue weighted by Gasteiger charge is 2.32. The molecule has 1 saturated heterocycles. The third kappa shape index (κ3) is 3.98. The number of hydrogen-bond acceptors (Lipinski definition) is 4. The van der Waals surface area contributed by atoms with Gasteiger partial charge in [-0.25, -0.2) is 4.79 Å². The number of carboxylic acid groups (broad SMARTS) is 1. The summed E-state index contributed by atoms with van der Waals surface area (Å²) in [6.07, 6.45) is 1.52. The van der Waals surface area contributed by atoms with Crippen LogP contribution >= 0.6 is 15.9 Å². The lowest BCUT2D eigenvalue weighted by Crippen LogP contribution is -2.48. The first-order valence-electron chi connectivity index (χ1n) is 6.98. The van der Waals surface area contributed by atoms with Gasteiger partial charge in [-0.05, 0) is 47.0 Å². The Balaban J connectivity index is 2.15. The molecule has 0 bridgehead atoms. The van der Waals surface area contributed by atoms with Crippen LogP contribution in [0.3, 0.4) is 0 Å². The molecule has 1 aromatic rings. The first kappa shape index (κ1) is 16.8. The molecule has 6 nitrogen and oxygen atoms in total. The zero-order valence-corrected chi connectivity index (χ0v) is 13.8. The summed E-state index contributed by atoms with van der Waals surface area (Å²) >= 11 is 3.29. The van der Waals surface area contributed by atoms with Crippen molar-refractivity contribution in [3.05, 3.63) is 28.2 Å². The average molecular weight is 372 g/mol. The van der Waals surface area contributed by atoms with E-state index in [2.05, 4.69) is 21.2 Å². The molecule has 1 aromatic carbocycles. The Morgan fingerprint density at radius 2 is 2.27 bits per heavy atom. The van der Waals surface area contributed by atoms with Crippen LogP contribution in [0.1, 0.15) is 23.2 Å². The van der Waals surface area contributed by atoms with Crippen molar-refractivity contribution < 1.29 is 24.2 Å². The van der Waals surface area contributed by atoms with Gasteiger partial charge < -0.3 is 19.9 Å². The van der Waals surface area contributed by atoms with Crippen LogP contribution in [-0.2, 0) is 9.53 Å². The second kappa shape index (κ2) is 7.60. The van der Waals surface area contributed by atoms with Crippen LogP contribution in [0.25, 0.3) is 0 Å². The van der Waals surface area contributed by atoms with E-state index in [1.807, 2.05) is 0 Å². The molecule has 2 unspecified atom stereocenters. The highest BCUT2D eigenvalue weighted by molar-refractivity contribution is 9.10. The van der Waals surface area contributed by atoms with Crippen LogP contribution in [0.4, 0.5) is 0 Å². The summed E-state index contributed by atoms with van der Waals surface area (Å²) in [4.78, 5) is 23.9. The predicted molar refractivity (Wildman–Crippen MR) is 83.1 cm³/mol. The van der Waals surface area contributed by atoms with E-state index in [4.69, 9.17) is 9.47 Å². The maximum Gasteiger partial charge on any atom is 0.326 e. The number of aliphatic carboxylic acids is 1. The quantitative estimate of drug-likeness (QED) is 0.827. The number of hydrogen-bond donors (Lipinski definition) is 2. The fraction of sp³-hybridized carbons (Fsp3) is 0.467. The van der Waals surface area contributed by atoms with Crippen LogP contribution in [0.5, 0.6) is 5.75 Å². The minimum absolute atomic E-state index is 0.223. The normalized spacial score (nSPS) is 19.3. The number of carbonyl (C=O) groups excluding carboxylic acids is 1. The number of halogens is 1. The second-order valence-electron chi connectivity index (χ2n) is 5.11. The molecule has 0 radical (unpaired) electrons. The highest BCUT2D eigenvalue weighted by Crippen LogP contribution is 2.23. The van der Waals surface area contributed by atoms with Crippen molar-refractivity contribution in [1.82, 2.24) is 5.32 Å². The van der Waals surface area contributed by atoms with Crippen LogP contribution < -0.4 is 10.1 Å². The minimum atomic E-state index is -1.05. The Morgan fingerprint density at radius 3 is 2.86 bits per heavy atom. The molecule has 0 saturated carbocycles. The highest BCUT2D eigenvalue weighted by atomic mass is 79.9. The summed E-state index contributed by atoms with van der Waals surface area (Å²) in [5, 5.41) is 12.0. The van der Waals surface area contributed by atoms with Gasteiger partial charge in [0, 0.05) is 17.0 Å². The summed E-state index contributed by atoms with van der Waals surface area (Å²) in [5.41, 5.74) is 0.335. The van der Waals surface area contributed by atoms with Crippen molar-refractivity contribution in [1.29, 1.82) is 0 Å². The molecule has 1 fully saturated rings. The van der Waals surface area contributed by atoms with E-state index in [1.165, 1.54) is 7.11 Å². The lowest BCUT2D eigenvalue weighted by atomic mass is 9.93. The minimum Gasteiger partial charge on any atom is -0.497 e. The van der Waals surface area contributed by atoms with Crippen molar-refractivity contribution in [2.24, 2.45) is 5.92 Å². The van der Waals surface area contributed by atoms with E-state index in [1.54, 1.807) is 18.2 Å². The van der Waals surface area contributed by atoms with Gasteiger partial charge in [-0.3, -0.25) is 4.79 Å². The molecule has 1 aliphatic rings. The van der Waals surface area contributed by atoms with E-state index >= 15 is 0 Å². The number of carboxylic acids is 1. The molecule has 0 aliphatic carbocycles. The monoisotopic (exact) mass is 371 g/mol. The predicted octanol–water partition coefficient (Wildman–Crippen LogP) is 2.07. The van der Waals surface area contributed by atoms with Crippen molar-refractivity contribution >= 4 is 27.8 Å². The standard InChI is InChI=1S/C15H18BrNO5/c1-21-10-4-5-12(16)11(7-10)14(18)17-13(15(19)20)9-3-2-6-22-8-9/h4-5,7,9,13H,2-3,6,8H2,1H3,(H,17,18)(H,19,20). The Morgan fingerprint density at radius 1 is 1.50 bits per heavy atom. The first-order chi connectivity index (χ1) is 10.5. The largest absolute Gasteiger partial charge is 0.497 e. The molecule has 1 heterocycles. The first-order valence-corrected chi connectivity index (χ1v) is 7.77. The summed E-state index contributed by atoms with van der Waals surface area (Å²) < 4.78 is 11.0. The van der Waals surface area contributed by atoms with E-state index in [-0.39, 0.29) is 5.92 Å². The second-order valence-corrected chi connectivity index (χ2v) is 5.97. The van der Waals surface area contributed by atoms with Gasteiger partial charge in [-0.2, -0.15) is 0 Å². The van der Waals surface area contributed by atoms with Gasteiger partial charge >= 0.3 is 5.97 Å². The third-order valence-electron chi connectivity index (χ3n) is 3.64. The summed E-state index contributed by atoms with van der Waals surface area (Å²) in [7, 11) is 1.50. The lowest BCUT2D eigenvalue weighted by molar-refractivity contribution is -0.142. The van der Waals surface area contributed by atoms with Gasteiger partial charge in [0.15, 0.2) is 0 Å². The smallest absolute Gasteiger partial charge is 0.326 e. The molecule has 1 aliphatic heterocycles. The number of amides is 1. The lowest BCUT2D eigenvalue weighted by Gasteiger charge is -2.28. The number of rotatable bonds is 5. The van der Waals surface area contributed by atoms with Crippen LogP contribution in [0, 0.1) is 5.92 Å². The Bertz CT molecular complexity index is 557. The zero-order valence-electron chi connectivity index (χ0n) is 12.2. The summed E-state index contributed by atoms with van der Waals surface area (Å²) in [5.74, 6) is -1.20. The van der Waals surface area contributed by atoms with Crippen molar-refractivity contribution in [2.45, 2.75) is 18.9 Å². The fourth-order valence-corrected chi connectivity index (χ4v) is 2.86. The van der Waals surface area contributed by atoms with E-state index in [9.17, 15) is 14.7 Å². The summed E-state index contributed by atoms with van der Waals surface area (Å²) in [6, 6.07) is 4.00. The molecule has 2 rings (SSSR count). The summed E-state index contributed by atoms with van der Waals surface area (Å²) in [6.45, 7) is 0.981. The van der Waals surface area contributed by atoms with Gasteiger partial charge in [0.05, 0.1) is 19.3 Å². The zero-order chi connectivity index (χ0) is 16.1. The SMILES string of the molecule is COc1ccc(Br)c(C(=O)NC(C(=O)O)C2CCCOC2)c1. The third-order valence-corrected chi connectivity index (χ3v) is 4.33. The van der Waals surface area contributed by atoms with Gasteiger partial charge in [-0.1, -0.05) is 0 Å². The van der Waals surface area contributed by atoms with Gasteiger partial charge in [0.1, 0.15) is 11.8 Å². The van der Waals surface area contributed by atoms with Crippen molar-refractivity contribution in [3.63, 3.8) is 0 Å². The molecular formula is C15H18BrNO5.